The van der Waals surface area contributed by atoms with Gasteiger partial charge in [0.05, 0.1) is 6.54 Å². The van der Waals surface area contributed by atoms with Crippen LogP contribution in [0.15, 0.2) is 30.3 Å². The molecule has 0 aromatic heterocycles. The molecule has 1 aromatic carbocycles. The van der Waals surface area contributed by atoms with Crippen LogP contribution in [0.2, 0.25) is 0 Å². The Balaban J connectivity index is 1.59. The van der Waals surface area contributed by atoms with Crippen molar-refractivity contribution in [3.05, 3.63) is 35.9 Å². The first-order chi connectivity index (χ1) is 9.00. The Morgan fingerprint density at radius 1 is 1.21 bits per heavy atom. The fraction of sp³-hybridized carbons (Fsp3) is 0.647. The molecule has 1 aliphatic heterocycles. The summed E-state index contributed by atoms with van der Waals surface area (Å²) in [5.41, 5.74) is 2.12. The number of rotatable bonds is 2. The average molecular weight is 257 g/mol. The van der Waals surface area contributed by atoms with Crippen molar-refractivity contribution in [3.8, 4) is 0 Å². The Morgan fingerprint density at radius 3 is 2.53 bits per heavy atom. The Hall–Kier alpha value is -0.860. The third-order valence-corrected chi connectivity index (χ3v) is 6.62. The molecule has 1 saturated heterocycles. The molecule has 0 N–H and O–H groups in total. The quantitative estimate of drug-likeness (QED) is 0.745. The molecule has 0 radical (unpaired) electrons. The zero-order chi connectivity index (χ0) is 13.3. The minimum atomic E-state index is 0.0370. The molecule has 4 rings (SSSR count). The molecule has 2 heteroatoms. The number of hydroxylamine groups is 2. The molecular weight excluding hydrogens is 234 g/mol. The molecule has 1 spiro atoms. The van der Waals surface area contributed by atoms with Gasteiger partial charge in [-0.2, -0.15) is 0 Å². The molecule has 4 atom stereocenters. The maximum atomic E-state index is 6.18. The lowest BCUT2D eigenvalue weighted by molar-refractivity contribution is 0.0700. The summed E-state index contributed by atoms with van der Waals surface area (Å²) in [5, 5.41) is 2.25. The molecule has 2 aliphatic carbocycles. The van der Waals surface area contributed by atoms with Gasteiger partial charge in [-0.15, -0.1) is 5.06 Å². The predicted octanol–water partition coefficient (Wildman–Crippen LogP) is 3.98. The average Bonchev–Trinajstić information content (AvgIpc) is 2.97. The van der Waals surface area contributed by atoms with Crippen molar-refractivity contribution in [1.29, 1.82) is 0 Å². The molecule has 2 bridgehead atoms. The van der Waals surface area contributed by atoms with Crippen molar-refractivity contribution in [1.82, 2.24) is 5.06 Å². The van der Waals surface area contributed by atoms with Crippen molar-refractivity contribution >= 4 is 0 Å². The van der Waals surface area contributed by atoms with E-state index in [-0.39, 0.29) is 5.72 Å². The van der Waals surface area contributed by atoms with Gasteiger partial charge >= 0.3 is 0 Å². The van der Waals surface area contributed by atoms with E-state index in [2.05, 4.69) is 56.2 Å². The number of benzene rings is 1. The van der Waals surface area contributed by atoms with Crippen LogP contribution in [0.3, 0.4) is 0 Å². The van der Waals surface area contributed by atoms with Gasteiger partial charge in [0.2, 0.25) is 0 Å². The summed E-state index contributed by atoms with van der Waals surface area (Å²) in [5.74, 6) is 0.832. The SMILES string of the molecule is CC1(C)C2CCC1(C)C1(C2)ON1Cc1ccccc1. The van der Waals surface area contributed by atoms with E-state index in [9.17, 15) is 0 Å². The van der Waals surface area contributed by atoms with E-state index < -0.39 is 0 Å². The lowest BCUT2D eigenvalue weighted by atomic mass is 9.68. The van der Waals surface area contributed by atoms with Gasteiger partial charge in [-0.05, 0) is 36.2 Å². The minimum Gasteiger partial charge on any atom is -0.271 e. The highest BCUT2D eigenvalue weighted by molar-refractivity contribution is 5.22. The molecule has 3 aliphatic rings. The van der Waals surface area contributed by atoms with Crippen LogP contribution in [0.25, 0.3) is 0 Å². The highest BCUT2D eigenvalue weighted by Crippen LogP contribution is 2.76. The molecule has 3 fully saturated rings. The van der Waals surface area contributed by atoms with Crippen molar-refractivity contribution in [3.63, 3.8) is 0 Å². The lowest BCUT2D eigenvalue weighted by Gasteiger charge is -2.37. The summed E-state index contributed by atoms with van der Waals surface area (Å²) in [7, 11) is 0. The van der Waals surface area contributed by atoms with E-state index in [4.69, 9.17) is 4.84 Å². The third-order valence-electron chi connectivity index (χ3n) is 6.62. The zero-order valence-electron chi connectivity index (χ0n) is 12.1. The van der Waals surface area contributed by atoms with Gasteiger partial charge in [0, 0.05) is 5.41 Å². The first-order valence-corrected chi connectivity index (χ1v) is 7.50. The standard InChI is InChI=1S/C17H23NO/c1-15(2)14-9-10-16(15,3)17(11-14)18(19-17)12-13-7-5-4-6-8-13/h4-8,14H,9-12H2,1-3H3. The van der Waals surface area contributed by atoms with Crippen LogP contribution in [0.1, 0.15) is 45.6 Å². The van der Waals surface area contributed by atoms with Crippen molar-refractivity contribution in [2.45, 2.75) is 52.3 Å². The molecule has 1 heterocycles. The molecule has 19 heavy (non-hydrogen) atoms. The first-order valence-electron chi connectivity index (χ1n) is 7.50. The second kappa shape index (κ2) is 3.42. The third kappa shape index (κ3) is 1.29. The summed E-state index contributed by atoms with van der Waals surface area (Å²) >= 11 is 0. The molecule has 1 aromatic rings. The molecule has 2 saturated carbocycles. The van der Waals surface area contributed by atoms with Gasteiger partial charge in [0.25, 0.3) is 0 Å². The van der Waals surface area contributed by atoms with Gasteiger partial charge in [0.15, 0.2) is 5.72 Å². The maximum absolute atomic E-state index is 6.18. The Kier molecular flexibility index (Phi) is 2.15. The number of hydrogen-bond donors (Lipinski definition) is 0. The van der Waals surface area contributed by atoms with E-state index in [0.717, 1.165) is 12.5 Å². The topological polar surface area (TPSA) is 15.5 Å². The fourth-order valence-electron chi connectivity index (χ4n) is 4.80. The maximum Gasteiger partial charge on any atom is 0.171 e. The highest BCUT2D eigenvalue weighted by Gasteiger charge is 2.79. The van der Waals surface area contributed by atoms with E-state index in [1.54, 1.807) is 0 Å². The first kappa shape index (κ1) is 11.9. The van der Waals surface area contributed by atoms with Crippen LogP contribution in [-0.4, -0.2) is 10.8 Å². The Morgan fingerprint density at radius 2 is 1.95 bits per heavy atom. The highest BCUT2D eigenvalue weighted by atomic mass is 16.9. The van der Waals surface area contributed by atoms with Gasteiger partial charge in [-0.25, -0.2) is 0 Å². The molecule has 0 amide bonds. The lowest BCUT2D eigenvalue weighted by Crippen LogP contribution is -2.40. The zero-order valence-corrected chi connectivity index (χ0v) is 12.1. The van der Waals surface area contributed by atoms with Crippen LogP contribution in [-0.2, 0) is 11.4 Å². The van der Waals surface area contributed by atoms with Crippen molar-refractivity contribution in [2.24, 2.45) is 16.7 Å². The molecule has 4 unspecified atom stereocenters. The van der Waals surface area contributed by atoms with E-state index in [0.29, 0.717) is 10.8 Å². The van der Waals surface area contributed by atoms with E-state index >= 15 is 0 Å². The fourth-order valence-corrected chi connectivity index (χ4v) is 4.80. The normalized spacial score (nSPS) is 45.8. The second-order valence-corrected chi connectivity index (χ2v) is 7.39. The molecule has 2 nitrogen and oxygen atoms in total. The van der Waals surface area contributed by atoms with Gasteiger partial charge in [-0.1, -0.05) is 51.1 Å². The molecular formula is C17H23NO. The van der Waals surface area contributed by atoms with Crippen LogP contribution < -0.4 is 0 Å². The van der Waals surface area contributed by atoms with Crippen molar-refractivity contribution in [2.75, 3.05) is 0 Å². The monoisotopic (exact) mass is 257 g/mol. The van der Waals surface area contributed by atoms with Crippen LogP contribution in [0.4, 0.5) is 0 Å². The predicted molar refractivity (Wildman–Crippen MR) is 75.0 cm³/mol. The Bertz CT molecular complexity index is 511. The summed E-state index contributed by atoms with van der Waals surface area (Å²) in [4.78, 5) is 6.18. The minimum absolute atomic E-state index is 0.0370. The summed E-state index contributed by atoms with van der Waals surface area (Å²) in [6.07, 6.45) is 3.92. The van der Waals surface area contributed by atoms with E-state index in [1.807, 2.05) is 0 Å². The number of fused-ring (bicyclic) bond motifs is 3. The number of nitrogens with zero attached hydrogens (tertiary/aromatic N) is 1. The van der Waals surface area contributed by atoms with Crippen LogP contribution >= 0.6 is 0 Å². The molecule has 102 valence electrons. The van der Waals surface area contributed by atoms with Gasteiger partial charge in [0.1, 0.15) is 0 Å². The van der Waals surface area contributed by atoms with E-state index in [1.165, 1.54) is 24.8 Å². The van der Waals surface area contributed by atoms with Crippen LogP contribution in [0, 0.1) is 16.7 Å². The summed E-state index contributed by atoms with van der Waals surface area (Å²) in [6, 6.07) is 10.7. The largest absolute Gasteiger partial charge is 0.271 e. The summed E-state index contributed by atoms with van der Waals surface area (Å²) < 4.78 is 0. The summed E-state index contributed by atoms with van der Waals surface area (Å²) in [6.45, 7) is 8.27. The second-order valence-electron chi connectivity index (χ2n) is 7.39. The number of hydrogen-bond acceptors (Lipinski definition) is 2. The van der Waals surface area contributed by atoms with Crippen molar-refractivity contribution < 1.29 is 4.84 Å². The smallest absolute Gasteiger partial charge is 0.171 e. The van der Waals surface area contributed by atoms with Gasteiger partial charge in [-0.3, -0.25) is 4.84 Å². The van der Waals surface area contributed by atoms with Gasteiger partial charge < -0.3 is 0 Å². The Labute approximate surface area is 115 Å². The van der Waals surface area contributed by atoms with Crippen LogP contribution in [0.5, 0.6) is 0 Å².